The van der Waals surface area contributed by atoms with Crippen LogP contribution in [0.3, 0.4) is 0 Å². The molecule has 4 aromatic rings. The molecule has 0 aliphatic carbocycles. The first kappa shape index (κ1) is 23.5. The van der Waals surface area contributed by atoms with E-state index in [-0.39, 0.29) is 17.1 Å². The predicted molar refractivity (Wildman–Crippen MR) is 133 cm³/mol. The number of imidazole rings is 1. The molecule has 36 heavy (non-hydrogen) atoms. The molecule has 0 N–H and O–H groups in total. The summed E-state index contributed by atoms with van der Waals surface area (Å²) in [5, 5.41) is 0.444. The summed E-state index contributed by atoms with van der Waals surface area (Å²) in [6.07, 6.45) is 5.98. The lowest BCUT2D eigenvalue weighted by Crippen LogP contribution is -2.31. The molecule has 0 saturated heterocycles. The van der Waals surface area contributed by atoms with Crippen LogP contribution in [0.25, 0.3) is 11.0 Å². The summed E-state index contributed by atoms with van der Waals surface area (Å²) in [5.74, 6) is 1.05. The van der Waals surface area contributed by atoms with Crippen LogP contribution in [0.15, 0.2) is 58.3 Å². The number of aromatic nitrogens is 2. The van der Waals surface area contributed by atoms with Crippen LogP contribution in [-0.4, -0.2) is 48.2 Å². The Morgan fingerprint density at radius 3 is 2.39 bits per heavy atom. The summed E-state index contributed by atoms with van der Waals surface area (Å²) in [6, 6.07) is 8.26. The molecule has 186 valence electrons. The molecule has 1 unspecified atom stereocenters. The third-order valence-corrected chi connectivity index (χ3v) is 6.50. The van der Waals surface area contributed by atoms with E-state index < -0.39 is 6.04 Å². The molecule has 0 fully saturated rings. The second kappa shape index (κ2) is 9.41. The van der Waals surface area contributed by atoms with Crippen LogP contribution >= 0.6 is 0 Å². The highest BCUT2D eigenvalue weighted by atomic mass is 16.5. The number of hydrogen-bond acceptors (Lipinski definition) is 7. The summed E-state index contributed by atoms with van der Waals surface area (Å²) in [4.78, 5) is 33.2. The third-order valence-electron chi connectivity index (χ3n) is 6.50. The first-order chi connectivity index (χ1) is 17.5. The molecule has 0 radical (unpaired) electrons. The van der Waals surface area contributed by atoms with Crippen molar-refractivity contribution in [3.8, 4) is 17.2 Å². The lowest BCUT2D eigenvalue weighted by atomic mass is 9.97. The molecule has 5 rings (SSSR count). The Morgan fingerprint density at radius 1 is 1.00 bits per heavy atom. The second-order valence-electron chi connectivity index (χ2n) is 8.69. The van der Waals surface area contributed by atoms with Gasteiger partial charge in [-0.15, -0.1) is 0 Å². The van der Waals surface area contributed by atoms with Crippen LogP contribution in [0.1, 0.15) is 39.7 Å². The highest BCUT2D eigenvalue weighted by molar-refractivity contribution is 5.99. The number of aryl methyl sites for hydroxylation is 2. The fourth-order valence-corrected chi connectivity index (χ4v) is 4.81. The first-order valence-corrected chi connectivity index (χ1v) is 11.6. The fourth-order valence-electron chi connectivity index (χ4n) is 4.81. The number of nitrogens with zero attached hydrogens (tertiary/aromatic N) is 3. The molecular formula is C27H27N3O6. The van der Waals surface area contributed by atoms with Crippen molar-refractivity contribution in [1.82, 2.24) is 14.5 Å². The van der Waals surface area contributed by atoms with E-state index >= 15 is 0 Å². The van der Waals surface area contributed by atoms with Gasteiger partial charge in [-0.2, -0.15) is 0 Å². The molecule has 2 aromatic heterocycles. The maximum Gasteiger partial charge on any atom is 0.290 e. The minimum Gasteiger partial charge on any atom is -0.493 e. The van der Waals surface area contributed by atoms with Crippen LogP contribution in [-0.2, 0) is 6.54 Å². The van der Waals surface area contributed by atoms with Gasteiger partial charge in [-0.25, -0.2) is 4.98 Å². The number of hydrogen-bond donors (Lipinski definition) is 0. The van der Waals surface area contributed by atoms with E-state index in [9.17, 15) is 9.59 Å². The second-order valence-corrected chi connectivity index (χ2v) is 8.69. The van der Waals surface area contributed by atoms with E-state index in [0.29, 0.717) is 58.9 Å². The van der Waals surface area contributed by atoms with Crippen molar-refractivity contribution in [2.75, 3.05) is 27.9 Å². The van der Waals surface area contributed by atoms with Gasteiger partial charge in [-0.05, 0) is 43.2 Å². The molecule has 1 atom stereocenters. The number of fused-ring (bicyclic) bond motifs is 2. The zero-order valence-electron chi connectivity index (χ0n) is 20.6. The minimum atomic E-state index is -0.676. The summed E-state index contributed by atoms with van der Waals surface area (Å²) in [5.41, 5.74) is 2.08. The Hall–Kier alpha value is -4.27. The molecule has 0 spiro atoms. The van der Waals surface area contributed by atoms with Crippen LogP contribution in [0.5, 0.6) is 17.2 Å². The summed E-state index contributed by atoms with van der Waals surface area (Å²) < 4.78 is 24.6. The van der Waals surface area contributed by atoms with Gasteiger partial charge in [0, 0.05) is 25.5 Å². The molecule has 1 aliphatic heterocycles. The van der Waals surface area contributed by atoms with Crippen molar-refractivity contribution in [2.45, 2.75) is 25.9 Å². The van der Waals surface area contributed by atoms with Crippen molar-refractivity contribution >= 4 is 16.9 Å². The number of amides is 1. The molecule has 9 nitrogen and oxygen atoms in total. The van der Waals surface area contributed by atoms with Gasteiger partial charge in [0.25, 0.3) is 5.91 Å². The predicted octanol–water partition coefficient (Wildman–Crippen LogP) is 3.96. The Balaban J connectivity index is 1.67. The lowest BCUT2D eigenvalue weighted by Gasteiger charge is -2.26. The summed E-state index contributed by atoms with van der Waals surface area (Å²) in [7, 11) is 4.59. The largest absolute Gasteiger partial charge is 0.493 e. The van der Waals surface area contributed by atoms with Gasteiger partial charge in [0.2, 0.25) is 11.5 Å². The zero-order valence-corrected chi connectivity index (χ0v) is 20.6. The average molecular weight is 490 g/mol. The summed E-state index contributed by atoms with van der Waals surface area (Å²) >= 11 is 0. The zero-order chi connectivity index (χ0) is 25.4. The summed E-state index contributed by atoms with van der Waals surface area (Å²) in [6.45, 7) is 2.98. The smallest absolute Gasteiger partial charge is 0.290 e. The molecule has 3 heterocycles. The molecule has 2 aromatic carbocycles. The van der Waals surface area contributed by atoms with E-state index in [1.54, 1.807) is 41.7 Å². The Labute approximate surface area is 207 Å². The monoisotopic (exact) mass is 489 g/mol. The highest BCUT2D eigenvalue weighted by Gasteiger charge is 2.43. The van der Waals surface area contributed by atoms with Crippen molar-refractivity contribution in [3.63, 3.8) is 0 Å². The van der Waals surface area contributed by atoms with Gasteiger partial charge < -0.3 is 28.1 Å². The fraction of sp³-hybridized carbons (Fsp3) is 0.296. The molecule has 0 bridgehead atoms. The van der Waals surface area contributed by atoms with Gasteiger partial charge in [-0.3, -0.25) is 9.59 Å². The minimum absolute atomic E-state index is 0.0673. The van der Waals surface area contributed by atoms with E-state index in [1.807, 2.05) is 23.8 Å². The van der Waals surface area contributed by atoms with Crippen molar-refractivity contribution < 1.29 is 23.4 Å². The molecule has 9 heteroatoms. The topological polar surface area (TPSA) is 96.0 Å². The van der Waals surface area contributed by atoms with E-state index in [1.165, 1.54) is 21.3 Å². The van der Waals surface area contributed by atoms with Crippen LogP contribution in [0.4, 0.5) is 0 Å². The van der Waals surface area contributed by atoms with Crippen molar-refractivity contribution in [2.24, 2.45) is 0 Å². The molecule has 0 saturated carbocycles. The van der Waals surface area contributed by atoms with Crippen LogP contribution in [0, 0.1) is 6.92 Å². The number of rotatable bonds is 8. The number of benzene rings is 2. The van der Waals surface area contributed by atoms with Gasteiger partial charge in [0.1, 0.15) is 5.58 Å². The number of carbonyl (C=O) groups excluding carboxylic acids is 1. The van der Waals surface area contributed by atoms with Gasteiger partial charge in [-0.1, -0.05) is 11.6 Å². The standard InChI is InChI=1S/C27H27N3O6/c1-16-6-7-19-18(12-16)24(31)22-23(17-13-20(33-2)25(35-4)21(14-17)34-3)30(27(32)26(22)36-19)10-5-9-29-11-8-28-15-29/h6-8,11-15,23H,5,9-10H2,1-4H3. The van der Waals surface area contributed by atoms with E-state index in [0.717, 1.165) is 5.56 Å². The lowest BCUT2D eigenvalue weighted by molar-refractivity contribution is 0.0723. The number of methoxy groups -OCH3 is 3. The molecular weight excluding hydrogens is 462 g/mol. The maximum absolute atomic E-state index is 13.8. The Kier molecular flexibility index (Phi) is 6.13. The van der Waals surface area contributed by atoms with E-state index in [2.05, 4.69) is 4.98 Å². The Bertz CT molecular complexity index is 1470. The first-order valence-electron chi connectivity index (χ1n) is 11.6. The van der Waals surface area contributed by atoms with Crippen molar-refractivity contribution in [1.29, 1.82) is 0 Å². The van der Waals surface area contributed by atoms with Crippen LogP contribution in [0.2, 0.25) is 0 Å². The third kappa shape index (κ3) is 3.86. The molecule has 1 amide bonds. The average Bonchev–Trinajstić information content (AvgIpc) is 3.50. The van der Waals surface area contributed by atoms with Crippen molar-refractivity contribution in [3.05, 3.63) is 81.7 Å². The van der Waals surface area contributed by atoms with Gasteiger partial charge >= 0.3 is 0 Å². The highest BCUT2D eigenvalue weighted by Crippen LogP contribution is 2.45. The maximum atomic E-state index is 13.8. The number of ether oxygens (including phenoxy) is 3. The van der Waals surface area contributed by atoms with Gasteiger partial charge in [0.05, 0.1) is 44.6 Å². The van der Waals surface area contributed by atoms with Crippen LogP contribution < -0.4 is 19.6 Å². The quantitative estimate of drug-likeness (QED) is 0.370. The number of carbonyl (C=O) groups is 1. The van der Waals surface area contributed by atoms with E-state index in [4.69, 9.17) is 18.6 Å². The molecule has 1 aliphatic rings. The SMILES string of the molecule is COc1cc(C2c3c(oc4ccc(C)cc4c3=O)C(=O)N2CCCn2ccnc2)cc(OC)c1OC. The normalized spacial score (nSPS) is 14.8. The Morgan fingerprint density at radius 2 is 1.75 bits per heavy atom. The van der Waals surface area contributed by atoms with Gasteiger partial charge in [0.15, 0.2) is 16.9 Å².